The Morgan fingerprint density at radius 2 is 1.50 bits per heavy atom. The standard InChI is InChI=1S/C4H9NO.CH3I/c1-4(6)5(2)3;1-2/h1-3H3;1H3. The van der Waals surface area contributed by atoms with E-state index in [0.29, 0.717) is 0 Å². The van der Waals surface area contributed by atoms with E-state index < -0.39 is 0 Å². The zero-order valence-electron chi connectivity index (χ0n) is 5.73. The first-order chi connectivity index (χ1) is 3.64. The van der Waals surface area contributed by atoms with Crippen LogP contribution < -0.4 is 0 Å². The van der Waals surface area contributed by atoms with Crippen LogP contribution in [0.15, 0.2) is 0 Å². The van der Waals surface area contributed by atoms with Gasteiger partial charge in [-0.15, -0.1) is 0 Å². The molecule has 8 heavy (non-hydrogen) atoms. The van der Waals surface area contributed by atoms with Gasteiger partial charge in [-0.1, -0.05) is 22.6 Å². The van der Waals surface area contributed by atoms with E-state index in [1.54, 1.807) is 14.1 Å². The lowest BCUT2D eigenvalue weighted by atomic mass is 10.7. The highest BCUT2D eigenvalue weighted by Crippen LogP contribution is 1.69. The van der Waals surface area contributed by atoms with Gasteiger partial charge in [0.2, 0.25) is 5.91 Å². The second kappa shape index (κ2) is 7.20. The Morgan fingerprint density at radius 3 is 1.50 bits per heavy atom. The summed E-state index contributed by atoms with van der Waals surface area (Å²) in [5, 5.41) is 0. The van der Waals surface area contributed by atoms with Crippen molar-refractivity contribution in [3.63, 3.8) is 0 Å². The van der Waals surface area contributed by atoms with Gasteiger partial charge in [0.1, 0.15) is 0 Å². The van der Waals surface area contributed by atoms with Crippen LogP contribution in [0.3, 0.4) is 0 Å². The molecule has 0 unspecified atom stereocenters. The molecule has 0 saturated carbocycles. The third kappa shape index (κ3) is 9.50. The van der Waals surface area contributed by atoms with Crippen molar-refractivity contribution >= 4 is 28.5 Å². The van der Waals surface area contributed by atoms with E-state index in [1.165, 1.54) is 11.8 Å². The Hall–Kier alpha value is 0.200. The number of hydrogen-bond donors (Lipinski definition) is 0. The van der Waals surface area contributed by atoms with E-state index in [2.05, 4.69) is 22.6 Å². The predicted molar refractivity (Wildman–Crippen MR) is 44.3 cm³/mol. The molecule has 0 bridgehead atoms. The van der Waals surface area contributed by atoms with Gasteiger partial charge >= 0.3 is 0 Å². The van der Waals surface area contributed by atoms with Gasteiger partial charge in [-0.3, -0.25) is 4.79 Å². The third-order valence-electron chi connectivity index (χ3n) is 0.630. The van der Waals surface area contributed by atoms with Crippen molar-refractivity contribution in [1.82, 2.24) is 4.90 Å². The zero-order valence-corrected chi connectivity index (χ0v) is 7.89. The van der Waals surface area contributed by atoms with Crippen LogP contribution in [0, 0.1) is 0 Å². The highest BCUT2D eigenvalue weighted by Gasteiger charge is 1.87. The van der Waals surface area contributed by atoms with Crippen molar-refractivity contribution in [1.29, 1.82) is 0 Å². The number of nitrogens with zero attached hydrogens (tertiary/aromatic N) is 1. The Bertz CT molecular complexity index is 63.4. The quantitative estimate of drug-likeness (QED) is 0.450. The van der Waals surface area contributed by atoms with Crippen LogP contribution in [-0.2, 0) is 4.79 Å². The van der Waals surface area contributed by atoms with Gasteiger partial charge in [-0.25, -0.2) is 0 Å². The summed E-state index contributed by atoms with van der Waals surface area (Å²) in [4.78, 5) is 13.6. The highest BCUT2D eigenvalue weighted by molar-refractivity contribution is 14.1. The topological polar surface area (TPSA) is 20.3 Å². The van der Waals surface area contributed by atoms with Crippen LogP contribution in [0.25, 0.3) is 0 Å². The van der Waals surface area contributed by atoms with Crippen molar-refractivity contribution < 1.29 is 4.79 Å². The Labute approximate surface area is 64.4 Å². The molecule has 0 aromatic rings. The monoisotopic (exact) mass is 229 g/mol. The second-order valence-electron chi connectivity index (χ2n) is 1.41. The molecule has 0 rings (SSSR count). The van der Waals surface area contributed by atoms with Gasteiger partial charge in [0.25, 0.3) is 0 Å². The molecule has 0 aliphatic carbocycles. The summed E-state index contributed by atoms with van der Waals surface area (Å²) in [7, 11) is 3.45. The SMILES string of the molecule is CC(=O)N(C)C.CI. The molecule has 1 amide bonds. The molecule has 0 radical (unpaired) electrons. The van der Waals surface area contributed by atoms with Gasteiger partial charge in [0, 0.05) is 21.0 Å². The summed E-state index contributed by atoms with van der Waals surface area (Å²) < 4.78 is 0. The minimum absolute atomic E-state index is 0.0926. The molecule has 0 spiro atoms. The summed E-state index contributed by atoms with van der Waals surface area (Å²) in [5.74, 6) is 0.0926. The van der Waals surface area contributed by atoms with E-state index in [1.807, 2.05) is 4.93 Å². The first-order valence-corrected chi connectivity index (χ1v) is 4.36. The normalized spacial score (nSPS) is 6.62. The summed E-state index contributed by atoms with van der Waals surface area (Å²) in [5.41, 5.74) is 0. The summed E-state index contributed by atoms with van der Waals surface area (Å²) in [6, 6.07) is 0. The van der Waals surface area contributed by atoms with E-state index in [0.717, 1.165) is 0 Å². The third-order valence-corrected chi connectivity index (χ3v) is 0.630. The molecule has 0 aliphatic heterocycles. The second-order valence-corrected chi connectivity index (χ2v) is 1.41. The summed E-state index contributed by atoms with van der Waals surface area (Å²) >= 11 is 2.15. The van der Waals surface area contributed by atoms with Gasteiger partial charge in [-0.2, -0.15) is 0 Å². The minimum Gasteiger partial charge on any atom is -0.349 e. The maximum Gasteiger partial charge on any atom is 0.218 e. The van der Waals surface area contributed by atoms with Crippen LogP contribution in [0.5, 0.6) is 0 Å². The lowest BCUT2D eigenvalue weighted by molar-refractivity contribution is -0.126. The minimum atomic E-state index is 0.0926. The summed E-state index contributed by atoms with van der Waals surface area (Å²) in [6.07, 6.45) is 0. The Morgan fingerprint density at radius 1 is 1.38 bits per heavy atom. The van der Waals surface area contributed by atoms with Crippen LogP contribution >= 0.6 is 22.6 Å². The molecule has 50 valence electrons. The molecular formula is C5H12INO. The van der Waals surface area contributed by atoms with Gasteiger partial charge in [0.05, 0.1) is 0 Å². The van der Waals surface area contributed by atoms with Crippen LogP contribution in [0.2, 0.25) is 0 Å². The Balaban J connectivity index is 0. The number of amides is 1. The largest absolute Gasteiger partial charge is 0.349 e. The number of halogens is 1. The molecule has 0 aliphatic rings. The average molecular weight is 229 g/mol. The number of carbonyl (C=O) groups is 1. The lowest BCUT2D eigenvalue weighted by Gasteiger charge is -2.02. The fourth-order valence-corrected chi connectivity index (χ4v) is 0. The van der Waals surface area contributed by atoms with Crippen LogP contribution in [0.4, 0.5) is 0 Å². The highest BCUT2D eigenvalue weighted by atomic mass is 127. The molecule has 0 aromatic heterocycles. The van der Waals surface area contributed by atoms with E-state index >= 15 is 0 Å². The average Bonchev–Trinajstić information content (AvgIpc) is 1.72. The van der Waals surface area contributed by atoms with E-state index in [9.17, 15) is 4.79 Å². The van der Waals surface area contributed by atoms with Gasteiger partial charge in [-0.05, 0) is 4.93 Å². The molecular weight excluding hydrogens is 217 g/mol. The van der Waals surface area contributed by atoms with E-state index in [4.69, 9.17) is 0 Å². The van der Waals surface area contributed by atoms with Gasteiger partial charge < -0.3 is 4.90 Å². The predicted octanol–water partition coefficient (Wildman–Crippen LogP) is 1.15. The lowest BCUT2D eigenvalue weighted by Crippen LogP contribution is -2.17. The molecule has 0 atom stereocenters. The van der Waals surface area contributed by atoms with Crippen molar-refractivity contribution in [2.75, 3.05) is 19.0 Å². The van der Waals surface area contributed by atoms with Crippen molar-refractivity contribution in [2.45, 2.75) is 6.92 Å². The zero-order chi connectivity index (χ0) is 7.15. The first kappa shape index (κ1) is 11.1. The fourth-order valence-electron chi connectivity index (χ4n) is 0. The van der Waals surface area contributed by atoms with Crippen molar-refractivity contribution in [3.05, 3.63) is 0 Å². The number of rotatable bonds is 0. The van der Waals surface area contributed by atoms with Crippen molar-refractivity contribution in [2.24, 2.45) is 0 Å². The van der Waals surface area contributed by atoms with Crippen LogP contribution in [0.1, 0.15) is 6.92 Å². The summed E-state index contributed by atoms with van der Waals surface area (Å²) in [6.45, 7) is 1.53. The molecule has 0 heterocycles. The molecule has 2 nitrogen and oxygen atoms in total. The van der Waals surface area contributed by atoms with Gasteiger partial charge in [0.15, 0.2) is 0 Å². The van der Waals surface area contributed by atoms with E-state index in [-0.39, 0.29) is 5.91 Å². The van der Waals surface area contributed by atoms with Crippen molar-refractivity contribution in [3.8, 4) is 0 Å². The smallest absolute Gasteiger partial charge is 0.218 e. The molecule has 0 fully saturated rings. The number of carbonyl (C=O) groups excluding carboxylic acids is 1. The molecule has 3 heteroatoms. The van der Waals surface area contributed by atoms with Crippen LogP contribution in [-0.4, -0.2) is 29.8 Å². The number of alkyl halides is 1. The maximum atomic E-state index is 10.1. The fraction of sp³-hybridized carbons (Fsp3) is 0.800. The molecule has 0 saturated heterocycles. The molecule has 0 N–H and O–H groups in total. The Kier molecular flexibility index (Phi) is 9.95. The molecule has 0 aromatic carbocycles. The first-order valence-electron chi connectivity index (χ1n) is 2.20. The number of hydrogen-bond acceptors (Lipinski definition) is 1. The maximum absolute atomic E-state index is 10.1.